The summed E-state index contributed by atoms with van der Waals surface area (Å²) in [6.07, 6.45) is 0. The van der Waals surface area contributed by atoms with Gasteiger partial charge in [-0.05, 0) is 29.8 Å². The number of para-hydroxylation sites is 1. The maximum Gasteiger partial charge on any atom is 0.288 e. The largest absolute Gasteiger partial charge is 0.430 e. The summed E-state index contributed by atoms with van der Waals surface area (Å²) in [5.41, 5.74) is 1.98. The summed E-state index contributed by atoms with van der Waals surface area (Å²) < 4.78 is 17.7. The van der Waals surface area contributed by atoms with Crippen molar-refractivity contribution < 1.29 is 8.63 Å². The molecule has 0 N–H and O–H groups in total. The van der Waals surface area contributed by atoms with Crippen LogP contribution in [0.15, 0.2) is 52.1 Å². The van der Waals surface area contributed by atoms with E-state index in [-0.39, 0.29) is 5.22 Å². The van der Waals surface area contributed by atoms with Crippen molar-refractivity contribution in [3.8, 4) is 0 Å². The van der Waals surface area contributed by atoms with Crippen LogP contribution in [0, 0.1) is 0 Å². The predicted octanol–water partition coefficient (Wildman–Crippen LogP) is 4.44. The molecule has 6 heteroatoms. The van der Waals surface area contributed by atoms with E-state index in [0.29, 0.717) is 26.9 Å². The number of hydrogen-bond donors (Lipinski definition) is 0. The first-order valence-electron chi connectivity index (χ1n) is 5.81. The standard InChI is InChI=1S/C14H9Cl2NO2S/c15-10-6-4-9(5-7-10)8-20(18)14-17-13-11(16)2-1-3-12(13)19-14/h1-7H,8H2. The molecule has 3 nitrogen and oxygen atoms in total. The first-order chi connectivity index (χ1) is 9.63. The monoisotopic (exact) mass is 325 g/mol. The Morgan fingerprint density at radius 3 is 2.55 bits per heavy atom. The van der Waals surface area contributed by atoms with Crippen LogP contribution in [-0.4, -0.2) is 9.19 Å². The van der Waals surface area contributed by atoms with Gasteiger partial charge < -0.3 is 4.42 Å². The van der Waals surface area contributed by atoms with Crippen molar-refractivity contribution in [2.24, 2.45) is 0 Å². The van der Waals surface area contributed by atoms with Crippen LogP contribution in [0.25, 0.3) is 11.1 Å². The van der Waals surface area contributed by atoms with E-state index >= 15 is 0 Å². The van der Waals surface area contributed by atoms with Gasteiger partial charge in [-0.1, -0.05) is 41.4 Å². The predicted molar refractivity (Wildman–Crippen MR) is 80.6 cm³/mol. The smallest absolute Gasteiger partial charge is 0.288 e. The van der Waals surface area contributed by atoms with Crippen molar-refractivity contribution in [3.63, 3.8) is 0 Å². The molecule has 3 rings (SSSR count). The van der Waals surface area contributed by atoms with E-state index < -0.39 is 10.8 Å². The fourth-order valence-corrected chi connectivity index (χ4v) is 3.11. The van der Waals surface area contributed by atoms with Crippen LogP contribution in [0.1, 0.15) is 5.56 Å². The second-order valence-electron chi connectivity index (χ2n) is 4.18. The highest BCUT2D eigenvalue weighted by Crippen LogP contribution is 2.25. The third-order valence-corrected chi connectivity index (χ3v) is 4.47. The average molecular weight is 326 g/mol. The Hall–Kier alpha value is -1.36. The number of halogens is 2. The summed E-state index contributed by atoms with van der Waals surface area (Å²) in [7, 11) is -1.36. The molecule has 0 amide bonds. The normalized spacial score (nSPS) is 12.7. The number of benzene rings is 2. The SMILES string of the molecule is O=S(Cc1ccc(Cl)cc1)c1nc2c(Cl)cccc2o1. The van der Waals surface area contributed by atoms with Crippen LogP contribution in [0.2, 0.25) is 10.0 Å². The Balaban J connectivity index is 1.89. The van der Waals surface area contributed by atoms with E-state index in [0.717, 1.165) is 5.56 Å². The second kappa shape index (κ2) is 5.56. The van der Waals surface area contributed by atoms with Crippen LogP contribution in [0.3, 0.4) is 0 Å². The minimum atomic E-state index is -1.36. The lowest BCUT2D eigenvalue weighted by molar-refractivity contribution is 0.477. The fourth-order valence-electron chi connectivity index (χ4n) is 1.79. The lowest BCUT2D eigenvalue weighted by atomic mass is 10.2. The van der Waals surface area contributed by atoms with E-state index in [1.807, 2.05) is 12.1 Å². The van der Waals surface area contributed by atoms with Crippen molar-refractivity contribution in [2.75, 3.05) is 0 Å². The Morgan fingerprint density at radius 1 is 1.10 bits per heavy atom. The van der Waals surface area contributed by atoms with E-state index in [2.05, 4.69) is 4.98 Å². The lowest BCUT2D eigenvalue weighted by Crippen LogP contribution is -1.96. The summed E-state index contributed by atoms with van der Waals surface area (Å²) in [4.78, 5) is 4.20. The Labute approximate surface area is 128 Å². The lowest BCUT2D eigenvalue weighted by Gasteiger charge is -1.98. The number of rotatable bonds is 3. The first-order valence-corrected chi connectivity index (χ1v) is 7.89. The summed E-state index contributed by atoms with van der Waals surface area (Å²) in [6, 6.07) is 12.4. The molecule has 1 heterocycles. The maximum atomic E-state index is 12.3. The van der Waals surface area contributed by atoms with E-state index in [4.69, 9.17) is 27.6 Å². The van der Waals surface area contributed by atoms with E-state index in [1.165, 1.54) is 0 Å². The van der Waals surface area contributed by atoms with Gasteiger partial charge in [-0.3, -0.25) is 0 Å². The molecule has 20 heavy (non-hydrogen) atoms. The molecular formula is C14H9Cl2NO2S. The zero-order chi connectivity index (χ0) is 14.1. The van der Waals surface area contributed by atoms with Gasteiger partial charge in [0.2, 0.25) is 0 Å². The molecule has 1 atom stereocenters. The molecular weight excluding hydrogens is 317 g/mol. The highest BCUT2D eigenvalue weighted by molar-refractivity contribution is 7.84. The molecule has 0 aliphatic rings. The van der Waals surface area contributed by atoms with Gasteiger partial charge in [0.1, 0.15) is 16.3 Å². The third kappa shape index (κ3) is 2.73. The van der Waals surface area contributed by atoms with Gasteiger partial charge in [-0.2, -0.15) is 4.98 Å². The van der Waals surface area contributed by atoms with Gasteiger partial charge >= 0.3 is 0 Å². The first kappa shape index (κ1) is 13.6. The van der Waals surface area contributed by atoms with Crippen LogP contribution < -0.4 is 0 Å². The minimum Gasteiger partial charge on any atom is -0.430 e. The van der Waals surface area contributed by atoms with Crippen molar-refractivity contribution in [3.05, 3.63) is 58.1 Å². The summed E-state index contributed by atoms with van der Waals surface area (Å²) in [6.45, 7) is 0. The van der Waals surface area contributed by atoms with Crippen LogP contribution in [0.4, 0.5) is 0 Å². The maximum absolute atomic E-state index is 12.3. The van der Waals surface area contributed by atoms with Crippen molar-refractivity contribution in [1.82, 2.24) is 4.98 Å². The van der Waals surface area contributed by atoms with Gasteiger partial charge in [-0.25, -0.2) is 4.21 Å². The minimum absolute atomic E-state index is 0.183. The molecule has 0 fully saturated rings. The highest BCUT2D eigenvalue weighted by atomic mass is 35.5. The molecule has 0 radical (unpaired) electrons. The third-order valence-electron chi connectivity index (χ3n) is 2.76. The van der Waals surface area contributed by atoms with Gasteiger partial charge in [-0.15, -0.1) is 0 Å². The molecule has 1 unspecified atom stereocenters. The molecule has 102 valence electrons. The molecule has 2 aromatic carbocycles. The molecule has 3 aromatic rings. The van der Waals surface area contributed by atoms with Crippen LogP contribution in [0.5, 0.6) is 0 Å². The van der Waals surface area contributed by atoms with Crippen LogP contribution >= 0.6 is 23.2 Å². The van der Waals surface area contributed by atoms with E-state index in [1.54, 1.807) is 30.3 Å². The van der Waals surface area contributed by atoms with Gasteiger partial charge in [0, 0.05) is 5.02 Å². The fraction of sp³-hybridized carbons (Fsp3) is 0.0714. The average Bonchev–Trinajstić information content (AvgIpc) is 2.87. The number of aromatic nitrogens is 1. The van der Waals surface area contributed by atoms with Crippen molar-refractivity contribution in [2.45, 2.75) is 11.0 Å². The molecule has 0 bridgehead atoms. The topological polar surface area (TPSA) is 43.1 Å². The molecule has 0 saturated heterocycles. The quantitative estimate of drug-likeness (QED) is 0.714. The van der Waals surface area contributed by atoms with Gasteiger partial charge in [0.05, 0.1) is 10.8 Å². The Kier molecular flexibility index (Phi) is 3.78. The number of nitrogens with zero attached hydrogens (tertiary/aromatic N) is 1. The second-order valence-corrected chi connectivity index (χ2v) is 6.36. The zero-order valence-electron chi connectivity index (χ0n) is 10.2. The summed E-state index contributed by atoms with van der Waals surface area (Å²) in [5.74, 6) is 0.321. The number of hydrogen-bond acceptors (Lipinski definition) is 3. The molecule has 0 aliphatic heterocycles. The van der Waals surface area contributed by atoms with Gasteiger partial charge in [0.15, 0.2) is 5.58 Å². The molecule has 0 spiro atoms. The summed E-state index contributed by atoms with van der Waals surface area (Å²) in [5, 5.41) is 1.32. The van der Waals surface area contributed by atoms with Gasteiger partial charge in [0.25, 0.3) is 5.22 Å². The highest BCUT2D eigenvalue weighted by Gasteiger charge is 2.15. The van der Waals surface area contributed by atoms with E-state index in [9.17, 15) is 4.21 Å². The molecule has 0 saturated carbocycles. The summed E-state index contributed by atoms with van der Waals surface area (Å²) >= 11 is 11.8. The Morgan fingerprint density at radius 2 is 1.85 bits per heavy atom. The zero-order valence-corrected chi connectivity index (χ0v) is 12.5. The van der Waals surface area contributed by atoms with Crippen molar-refractivity contribution in [1.29, 1.82) is 0 Å². The molecule has 1 aromatic heterocycles. The van der Waals surface area contributed by atoms with Crippen molar-refractivity contribution >= 4 is 45.1 Å². The molecule has 0 aliphatic carbocycles. The number of fused-ring (bicyclic) bond motifs is 1. The number of oxazole rings is 1. The Bertz CT molecular complexity index is 783. The van der Waals surface area contributed by atoms with Crippen LogP contribution in [-0.2, 0) is 16.6 Å².